The largest absolute Gasteiger partial charge is 1.00 e. The van der Waals surface area contributed by atoms with E-state index in [0.717, 1.165) is 0 Å². The molecule has 0 radical (unpaired) electrons. The maximum absolute atomic E-state index is 13.8. The van der Waals surface area contributed by atoms with E-state index in [1.54, 1.807) is 36.4 Å². The number of fused-ring (bicyclic) bond motifs is 2. The van der Waals surface area contributed by atoms with Gasteiger partial charge < -0.3 is 26.9 Å². The summed E-state index contributed by atoms with van der Waals surface area (Å²) in [5, 5.41) is 0.689. The number of nitrogens with zero attached hydrogens (tertiary/aromatic N) is 4. The predicted octanol–water partition coefficient (Wildman–Crippen LogP) is -1.60. The standard InChI is InChI=1S/C36H34N4O12S2.2Na/c1-49-27-15-17-31-29(21-27)35(41)39(33(37-31)23-7-11-25(12-8-23)51-53(43,44)45)19-5-3-4-6-20-40-34(24-9-13-26(14-10-24)52-54(46,47)48)38-32-18-16-28(50-2)22-30(32)36(40)42;;/h7-18,21-22H,3-6,19-20H2,1-2H3,(H,43,44,45)(H,46,47,48);;/q;2*+1/p-2. The van der Waals surface area contributed by atoms with E-state index in [9.17, 15) is 35.5 Å². The zero-order valence-corrected chi connectivity index (χ0v) is 36.5. The van der Waals surface area contributed by atoms with Crippen LogP contribution in [0.5, 0.6) is 23.0 Å². The second kappa shape index (κ2) is 19.1. The van der Waals surface area contributed by atoms with Crippen molar-refractivity contribution in [1.82, 2.24) is 19.1 Å². The number of unbranched alkanes of at least 4 members (excludes halogenated alkanes) is 3. The molecule has 6 aromatic rings. The third kappa shape index (κ3) is 11.0. The average molecular weight is 823 g/mol. The van der Waals surface area contributed by atoms with E-state index in [0.29, 0.717) is 81.8 Å². The van der Waals surface area contributed by atoms with Gasteiger partial charge in [-0.15, -0.1) is 0 Å². The van der Waals surface area contributed by atoms with Crippen molar-refractivity contribution in [1.29, 1.82) is 0 Å². The Morgan fingerprint density at radius 3 is 1.20 bits per heavy atom. The molecule has 2 aromatic heterocycles. The summed E-state index contributed by atoms with van der Waals surface area (Å²) >= 11 is 0. The van der Waals surface area contributed by atoms with Crippen LogP contribution in [-0.2, 0) is 33.9 Å². The molecule has 282 valence electrons. The van der Waals surface area contributed by atoms with Gasteiger partial charge in [0.05, 0.1) is 36.0 Å². The molecule has 2 heterocycles. The number of ether oxygens (including phenoxy) is 2. The van der Waals surface area contributed by atoms with Crippen molar-refractivity contribution in [2.24, 2.45) is 0 Å². The molecule has 0 unspecified atom stereocenters. The fourth-order valence-corrected chi connectivity index (χ4v) is 6.65. The van der Waals surface area contributed by atoms with Crippen molar-refractivity contribution >= 4 is 42.6 Å². The van der Waals surface area contributed by atoms with Crippen LogP contribution in [0.25, 0.3) is 44.6 Å². The minimum Gasteiger partial charge on any atom is -0.716 e. The second-order valence-corrected chi connectivity index (χ2v) is 14.0. The summed E-state index contributed by atoms with van der Waals surface area (Å²) in [6.07, 6.45) is 2.42. The van der Waals surface area contributed by atoms with Gasteiger partial charge >= 0.3 is 59.1 Å². The van der Waals surface area contributed by atoms with Gasteiger partial charge in [-0.25, -0.2) is 26.8 Å². The first-order chi connectivity index (χ1) is 25.7. The number of methoxy groups -OCH3 is 2. The molecule has 56 heavy (non-hydrogen) atoms. The van der Waals surface area contributed by atoms with Gasteiger partial charge in [0.1, 0.15) is 34.6 Å². The van der Waals surface area contributed by atoms with Gasteiger partial charge in [-0.2, -0.15) is 0 Å². The van der Waals surface area contributed by atoms with Gasteiger partial charge in [0.15, 0.2) is 0 Å². The molecule has 16 nitrogen and oxygen atoms in total. The smallest absolute Gasteiger partial charge is 0.716 e. The Kier molecular flexibility index (Phi) is 15.3. The minimum atomic E-state index is -4.97. The molecule has 0 saturated carbocycles. The van der Waals surface area contributed by atoms with Crippen molar-refractivity contribution in [3.8, 4) is 45.8 Å². The molecule has 0 saturated heterocycles. The number of benzene rings is 4. The second-order valence-electron chi connectivity index (χ2n) is 12.0. The van der Waals surface area contributed by atoms with Gasteiger partial charge in [-0.1, -0.05) is 12.8 Å². The van der Waals surface area contributed by atoms with Crippen LogP contribution in [-0.4, -0.2) is 59.3 Å². The summed E-state index contributed by atoms with van der Waals surface area (Å²) < 4.78 is 88.8. The molecular weight excluding hydrogens is 791 g/mol. The maximum atomic E-state index is 13.8. The fourth-order valence-electron chi connectivity index (χ4n) is 5.96. The van der Waals surface area contributed by atoms with Crippen LogP contribution < -0.4 is 88.1 Å². The first kappa shape index (κ1) is 44.9. The van der Waals surface area contributed by atoms with Gasteiger partial charge in [-0.3, -0.25) is 18.7 Å². The molecule has 0 fully saturated rings. The van der Waals surface area contributed by atoms with E-state index in [-0.39, 0.29) is 94.8 Å². The summed E-state index contributed by atoms with van der Waals surface area (Å²) in [5.41, 5.74) is 1.21. The Hall–Kier alpha value is -3.82. The van der Waals surface area contributed by atoms with Crippen LogP contribution in [0.3, 0.4) is 0 Å². The fraction of sp³-hybridized carbons (Fsp3) is 0.222. The predicted molar refractivity (Wildman–Crippen MR) is 195 cm³/mol. The SMILES string of the molecule is COc1ccc2nc(-c3ccc(OS(=O)(=O)[O-])cc3)n(CCCCCCn3c(-c4ccc(OS(=O)(=O)[O-])cc4)nc4ccc(OC)cc4c3=O)c(=O)c2c1.[Na+].[Na+]. The van der Waals surface area contributed by atoms with Crippen LogP contribution in [0.15, 0.2) is 94.5 Å². The molecular formula is C36H32N4Na2O12S2. The van der Waals surface area contributed by atoms with Crippen molar-refractivity contribution in [2.75, 3.05) is 14.2 Å². The first-order valence-corrected chi connectivity index (χ1v) is 19.1. The molecule has 0 N–H and O–H groups in total. The van der Waals surface area contributed by atoms with Crippen LogP contribution in [0.1, 0.15) is 25.7 Å². The summed E-state index contributed by atoms with van der Waals surface area (Å²) in [4.78, 5) is 37.1. The number of hydrogen-bond donors (Lipinski definition) is 0. The maximum Gasteiger partial charge on any atom is 1.00 e. The van der Waals surface area contributed by atoms with Crippen LogP contribution >= 0.6 is 0 Å². The Bertz CT molecular complexity index is 2510. The summed E-state index contributed by atoms with van der Waals surface area (Å²) in [6.45, 7) is 0.551. The summed E-state index contributed by atoms with van der Waals surface area (Å²) in [7, 11) is -6.97. The topological polar surface area (TPSA) is 221 Å². The molecule has 6 rings (SSSR count). The third-order valence-corrected chi connectivity index (χ3v) is 9.25. The zero-order chi connectivity index (χ0) is 38.6. The molecule has 0 atom stereocenters. The van der Waals surface area contributed by atoms with Crippen LogP contribution in [0.4, 0.5) is 0 Å². The molecule has 0 aliphatic carbocycles. The Morgan fingerprint density at radius 1 is 0.536 bits per heavy atom. The van der Waals surface area contributed by atoms with Gasteiger partial charge in [0, 0.05) is 24.2 Å². The number of rotatable bonds is 15. The Morgan fingerprint density at radius 2 is 0.875 bits per heavy atom. The molecule has 0 spiro atoms. The van der Waals surface area contributed by atoms with Gasteiger partial charge in [0.2, 0.25) is 0 Å². The average Bonchev–Trinajstić information content (AvgIpc) is 3.13. The molecule has 20 heteroatoms. The van der Waals surface area contributed by atoms with Gasteiger partial charge in [0.25, 0.3) is 31.9 Å². The zero-order valence-electron chi connectivity index (χ0n) is 30.8. The third-order valence-electron chi connectivity index (χ3n) is 8.46. The Labute approximate surface area is 365 Å². The Balaban J connectivity index is 0.00000348. The minimum absolute atomic E-state index is 0. The van der Waals surface area contributed by atoms with E-state index in [2.05, 4.69) is 8.37 Å². The number of hydrogen-bond acceptors (Lipinski definition) is 14. The first-order valence-electron chi connectivity index (χ1n) is 16.4. The van der Waals surface area contributed by atoms with E-state index < -0.39 is 20.8 Å². The quantitative estimate of drug-likeness (QED) is 0.0493. The van der Waals surface area contributed by atoms with E-state index >= 15 is 0 Å². The van der Waals surface area contributed by atoms with E-state index in [1.807, 2.05) is 0 Å². The molecule has 0 aliphatic rings. The monoisotopic (exact) mass is 822 g/mol. The van der Waals surface area contributed by atoms with Crippen molar-refractivity contribution < 1.29 is 103 Å². The van der Waals surface area contributed by atoms with Crippen molar-refractivity contribution in [3.63, 3.8) is 0 Å². The normalized spacial score (nSPS) is 11.4. The van der Waals surface area contributed by atoms with Crippen molar-refractivity contribution in [3.05, 3.63) is 106 Å². The van der Waals surface area contributed by atoms with Gasteiger partial charge in [-0.05, 0) is 97.8 Å². The number of aromatic nitrogens is 4. The molecule has 4 aromatic carbocycles. The summed E-state index contributed by atoms with van der Waals surface area (Å²) in [6, 6.07) is 21.1. The van der Waals surface area contributed by atoms with Crippen molar-refractivity contribution in [2.45, 2.75) is 38.8 Å². The molecule has 0 aliphatic heterocycles. The molecule has 0 amide bonds. The van der Waals surface area contributed by atoms with Crippen LogP contribution in [0, 0.1) is 0 Å². The van der Waals surface area contributed by atoms with E-state index in [4.69, 9.17) is 19.4 Å². The summed E-state index contributed by atoms with van der Waals surface area (Å²) in [5.74, 6) is 1.25. The van der Waals surface area contributed by atoms with E-state index in [1.165, 1.54) is 71.9 Å². The van der Waals surface area contributed by atoms with Crippen LogP contribution in [0.2, 0.25) is 0 Å². The molecule has 0 bridgehead atoms.